The molecule has 2 heteroatoms. The Balaban J connectivity index is 2.24. The predicted octanol–water partition coefficient (Wildman–Crippen LogP) is 3.44. The fraction of sp³-hybridized carbons (Fsp3) is 0.286. The SMILES string of the molecule is CC(C)NCc1ccccc1-c1ccoc1. The van der Waals surface area contributed by atoms with Crippen LogP contribution in [0.5, 0.6) is 0 Å². The van der Waals surface area contributed by atoms with Gasteiger partial charge in [-0.2, -0.15) is 0 Å². The molecular weight excluding hydrogens is 198 g/mol. The fourth-order valence-corrected chi connectivity index (χ4v) is 1.69. The van der Waals surface area contributed by atoms with Gasteiger partial charge in [0.1, 0.15) is 0 Å². The number of furan rings is 1. The third-order valence-corrected chi connectivity index (χ3v) is 2.55. The molecule has 0 bridgehead atoms. The summed E-state index contributed by atoms with van der Waals surface area (Å²) in [5.74, 6) is 0. The maximum absolute atomic E-state index is 5.13. The zero-order valence-electron chi connectivity index (χ0n) is 9.73. The summed E-state index contributed by atoms with van der Waals surface area (Å²) in [6.07, 6.45) is 3.50. The lowest BCUT2D eigenvalue weighted by Crippen LogP contribution is -2.22. The van der Waals surface area contributed by atoms with Crippen LogP contribution in [0.2, 0.25) is 0 Å². The van der Waals surface area contributed by atoms with Gasteiger partial charge in [0.25, 0.3) is 0 Å². The van der Waals surface area contributed by atoms with E-state index < -0.39 is 0 Å². The van der Waals surface area contributed by atoms with Crippen molar-refractivity contribution in [1.82, 2.24) is 5.32 Å². The molecule has 0 aliphatic carbocycles. The molecule has 1 heterocycles. The predicted molar refractivity (Wildman–Crippen MR) is 66.1 cm³/mol. The van der Waals surface area contributed by atoms with Crippen molar-refractivity contribution in [3.8, 4) is 11.1 Å². The molecule has 0 unspecified atom stereocenters. The van der Waals surface area contributed by atoms with Gasteiger partial charge in [-0.25, -0.2) is 0 Å². The average Bonchev–Trinajstić information content (AvgIpc) is 2.80. The Morgan fingerprint density at radius 1 is 1.19 bits per heavy atom. The molecule has 2 aromatic rings. The topological polar surface area (TPSA) is 25.2 Å². The Morgan fingerprint density at radius 3 is 2.69 bits per heavy atom. The highest BCUT2D eigenvalue weighted by Gasteiger charge is 2.05. The van der Waals surface area contributed by atoms with Crippen molar-refractivity contribution < 1.29 is 4.42 Å². The highest BCUT2D eigenvalue weighted by atomic mass is 16.3. The minimum Gasteiger partial charge on any atom is -0.472 e. The van der Waals surface area contributed by atoms with Crippen molar-refractivity contribution in [2.75, 3.05) is 0 Å². The molecule has 2 rings (SSSR count). The van der Waals surface area contributed by atoms with E-state index in [0.717, 1.165) is 12.1 Å². The molecule has 0 radical (unpaired) electrons. The van der Waals surface area contributed by atoms with Crippen LogP contribution >= 0.6 is 0 Å². The molecule has 0 fully saturated rings. The first kappa shape index (κ1) is 11.0. The average molecular weight is 215 g/mol. The van der Waals surface area contributed by atoms with Gasteiger partial charge in [0.2, 0.25) is 0 Å². The number of hydrogen-bond acceptors (Lipinski definition) is 2. The second-order valence-electron chi connectivity index (χ2n) is 4.20. The van der Waals surface area contributed by atoms with E-state index in [0.29, 0.717) is 6.04 Å². The van der Waals surface area contributed by atoms with Crippen LogP contribution in [0.1, 0.15) is 19.4 Å². The van der Waals surface area contributed by atoms with Crippen molar-refractivity contribution in [3.63, 3.8) is 0 Å². The van der Waals surface area contributed by atoms with Gasteiger partial charge in [0.05, 0.1) is 12.5 Å². The molecule has 0 aliphatic heterocycles. The number of benzene rings is 1. The molecular formula is C14H17NO. The van der Waals surface area contributed by atoms with E-state index in [1.165, 1.54) is 11.1 Å². The van der Waals surface area contributed by atoms with E-state index in [-0.39, 0.29) is 0 Å². The molecule has 84 valence electrons. The van der Waals surface area contributed by atoms with Gasteiger partial charge in [-0.1, -0.05) is 38.1 Å². The Labute approximate surface area is 96.3 Å². The Hall–Kier alpha value is -1.54. The van der Waals surface area contributed by atoms with Crippen LogP contribution in [0.3, 0.4) is 0 Å². The molecule has 1 N–H and O–H groups in total. The zero-order chi connectivity index (χ0) is 11.4. The van der Waals surface area contributed by atoms with Crippen molar-refractivity contribution in [1.29, 1.82) is 0 Å². The van der Waals surface area contributed by atoms with E-state index in [1.54, 1.807) is 12.5 Å². The summed E-state index contributed by atoms with van der Waals surface area (Å²) in [6, 6.07) is 10.9. The molecule has 0 saturated carbocycles. The summed E-state index contributed by atoms with van der Waals surface area (Å²) in [6.45, 7) is 5.19. The molecule has 1 aromatic heterocycles. The third-order valence-electron chi connectivity index (χ3n) is 2.55. The summed E-state index contributed by atoms with van der Waals surface area (Å²) in [5, 5.41) is 3.43. The van der Waals surface area contributed by atoms with Crippen molar-refractivity contribution in [2.45, 2.75) is 26.4 Å². The molecule has 2 nitrogen and oxygen atoms in total. The van der Waals surface area contributed by atoms with Crippen LogP contribution in [-0.2, 0) is 6.54 Å². The first-order valence-electron chi connectivity index (χ1n) is 5.61. The number of hydrogen-bond donors (Lipinski definition) is 1. The van der Waals surface area contributed by atoms with Crippen molar-refractivity contribution in [3.05, 3.63) is 48.4 Å². The first-order chi connectivity index (χ1) is 7.77. The normalized spacial score (nSPS) is 10.9. The Kier molecular flexibility index (Phi) is 3.42. The summed E-state index contributed by atoms with van der Waals surface area (Å²) >= 11 is 0. The monoisotopic (exact) mass is 215 g/mol. The Morgan fingerprint density at radius 2 is 2.00 bits per heavy atom. The van der Waals surface area contributed by atoms with Crippen LogP contribution in [0.4, 0.5) is 0 Å². The maximum atomic E-state index is 5.13. The van der Waals surface area contributed by atoms with Crippen LogP contribution < -0.4 is 5.32 Å². The molecule has 0 aliphatic rings. The first-order valence-corrected chi connectivity index (χ1v) is 5.61. The van der Waals surface area contributed by atoms with Gasteiger partial charge in [0, 0.05) is 18.2 Å². The third kappa shape index (κ3) is 2.52. The second kappa shape index (κ2) is 4.99. The van der Waals surface area contributed by atoms with E-state index in [2.05, 4.69) is 43.4 Å². The van der Waals surface area contributed by atoms with Crippen molar-refractivity contribution in [2.24, 2.45) is 0 Å². The van der Waals surface area contributed by atoms with E-state index >= 15 is 0 Å². The molecule has 0 amide bonds. The van der Waals surface area contributed by atoms with E-state index in [9.17, 15) is 0 Å². The lowest BCUT2D eigenvalue weighted by Gasteiger charge is -2.11. The smallest absolute Gasteiger partial charge is 0.0981 e. The molecule has 0 atom stereocenters. The molecule has 0 spiro atoms. The zero-order valence-corrected chi connectivity index (χ0v) is 9.73. The highest BCUT2D eigenvalue weighted by Crippen LogP contribution is 2.23. The van der Waals surface area contributed by atoms with Crippen LogP contribution in [0, 0.1) is 0 Å². The highest BCUT2D eigenvalue weighted by molar-refractivity contribution is 5.66. The van der Waals surface area contributed by atoms with Gasteiger partial charge in [-0.15, -0.1) is 0 Å². The molecule has 16 heavy (non-hydrogen) atoms. The van der Waals surface area contributed by atoms with E-state index in [4.69, 9.17) is 4.42 Å². The largest absolute Gasteiger partial charge is 0.472 e. The second-order valence-corrected chi connectivity index (χ2v) is 4.20. The van der Waals surface area contributed by atoms with Gasteiger partial charge in [-0.3, -0.25) is 0 Å². The Bertz CT molecular complexity index is 432. The fourth-order valence-electron chi connectivity index (χ4n) is 1.69. The van der Waals surface area contributed by atoms with Crippen LogP contribution in [-0.4, -0.2) is 6.04 Å². The summed E-state index contributed by atoms with van der Waals surface area (Å²) in [7, 11) is 0. The summed E-state index contributed by atoms with van der Waals surface area (Å²) in [4.78, 5) is 0. The molecule has 0 saturated heterocycles. The van der Waals surface area contributed by atoms with Gasteiger partial charge >= 0.3 is 0 Å². The lowest BCUT2D eigenvalue weighted by molar-refractivity contribution is 0.568. The number of rotatable bonds is 4. The van der Waals surface area contributed by atoms with Gasteiger partial charge in [0.15, 0.2) is 0 Å². The van der Waals surface area contributed by atoms with Crippen LogP contribution in [0.25, 0.3) is 11.1 Å². The van der Waals surface area contributed by atoms with Gasteiger partial charge in [-0.05, 0) is 17.2 Å². The van der Waals surface area contributed by atoms with Crippen molar-refractivity contribution >= 4 is 0 Å². The van der Waals surface area contributed by atoms with Gasteiger partial charge < -0.3 is 9.73 Å². The summed E-state index contributed by atoms with van der Waals surface area (Å²) in [5.41, 5.74) is 3.68. The minimum atomic E-state index is 0.498. The van der Waals surface area contributed by atoms with E-state index in [1.807, 2.05) is 6.07 Å². The molecule has 1 aromatic carbocycles. The summed E-state index contributed by atoms with van der Waals surface area (Å²) < 4.78 is 5.13. The quantitative estimate of drug-likeness (QED) is 0.845. The van der Waals surface area contributed by atoms with Crippen LogP contribution in [0.15, 0.2) is 47.3 Å². The standard InChI is InChI=1S/C14H17NO/c1-11(2)15-9-12-5-3-4-6-14(12)13-7-8-16-10-13/h3-8,10-11,15H,9H2,1-2H3. The number of nitrogens with one attached hydrogen (secondary N) is 1. The minimum absolute atomic E-state index is 0.498. The lowest BCUT2D eigenvalue weighted by atomic mass is 10.0. The maximum Gasteiger partial charge on any atom is 0.0981 e.